The van der Waals surface area contributed by atoms with E-state index in [1.807, 2.05) is 6.92 Å². The van der Waals surface area contributed by atoms with Crippen LogP contribution >= 0.6 is 0 Å². The summed E-state index contributed by atoms with van der Waals surface area (Å²) in [7, 11) is -3.83. The predicted octanol–water partition coefficient (Wildman–Crippen LogP) is 5.74. The highest BCUT2D eigenvalue weighted by Crippen LogP contribution is 2.25. The molecule has 0 aliphatic rings. The molecule has 0 amide bonds. The maximum atomic E-state index is 12.5. The zero-order chi connectivity index (χ0) is 23.3. The zero-order valence-corrected chi connectivity index (χ0v) is 18.6. The van der Waals surface area contributed by atoms with Gasteiger partial charge in [-0.3, -0.25) is 4.79 Å². The monoisotopic (exact) mass is 456 g/mol. The van der Waals surface area contributed by atoms with Crippen LogP contribution in [-0.4, -0.2) is 31.9 Å². The molecule has 0 saturated carbocycles. The first-order valence-corrected chi connectivity index (χ1v) is 11.7. The second-order valence-electron chi connectivity index (χ2n) is 8.04. The Morgan fingerprint density at radius 1 is 0.935 bits per heavy atom. The molecule has 0 radical (unpaired) electrons. The molecule has 0 aromatic heterocycles. The molecule has 0 saturated heterocycles. The summed E-state index contributed by atoms with van der Waals surface area (Å²) in [5.41, 5.74) is 1.65. The number of ether oxygens (including phenoxy) is 1. The van der Waals surface area contributed by atoms with Gasteiger partial charge in [0.2, 0.25) is 0 Å². The highest BCUT2D eigenvalue weighted by molar-refractivity contribution is 7.92. The van der Waals surface area contributed by atoms with Crippen molar-refractivity contribution >= 4 is 15.8 Å². The molecule has 8 heteroatoms. The van der Waals surface area contributed by atoms with Crippen molar-refractivity contribution < 1.29 is 31.1 Å². The number of hydrogen-bond acceptors (Lipinski definition) is 4. The molecule has 31 heavy (non-hydrogen) atoms. The Morgan fingerprint density at radius 3 is 1.94 bits per heavy atom. The molecular weight excluding hydrogens is 429 g/mol. The molecule has 2 rings (SSSR count). The Kier molecular flexibility index (Phi) is 7.92. The summed E-state index contributed by atoms with van der Waals surface area (Å²) < 4.78 is 67.0. The minimum atomic E-state index is -4.15. The quantitative estimate of drug-likeness (QED) is 0.451. The molecule has 0 spiro atoms. The number of carbonyl (C=O) groups excluding carboxylic acids is 1. The smallest absolute Gasteiger partial charge is 0.389 e. The average Bonchev–Trinajstić information content (AvgIpc) is 2.67. The van der Waals surface area contributed by atoms with E-state index < -0.39 is 39.8 Å². The number of halogens is 3. The van der Waals surface area contributed by atoms with Crippen LogP contribution < -0.4 is 0 Å². The first kappa shape index (κ1) is 24.9. The topological polar surface area (TPSA) is 60.4 Å². The van der Waals surface area contributed by atoms with Gasteiger partial charge in [-0.05, 0) is 61.9 Å². The van der Waals surface area contributed by atoms with Crippen molar-refractivity contribution in [2.24, 2.45) is 0 Å². The fraction of sp³-hybridized carbons (Fsp3) is 0.435. The van der Waals surface area contributed by atoms with Gasteiger partial charge in [-0.2, -0.15) is 13.2 Å². The minimum Gasteiger partial charge on any atom is -0.459 e. The van der Waals surface area contributed by atoms with Crippen LogP contribution in [0.3, 0.4) is 0 Å². The summed E-state index contributed by atoms with van der Waals surface area (Å²) in [6.07, 6.45) is -4.02. The summed E-state index contributed by atoms with van der Waals surface area (Å²) in [5, 5.41) is 0. The predicted molar refractivity (Wildman–Crippen MR) is 113 cm³/mol. The number of sulfone groups is 1. The highest BCUT2D eigenvalue weighted by atomic mass is 32.2. The molecule has 0 unspecified atom stereocenters. The normalized spacial score (nSPS) is 12.6. The van der Waals surface area contributed by atoms with Crippen molar-refractivity contribution in [3.63, 3.8) is 0 Å². The second-order valence-corrected chi connectivity index (χ2v) is 10.0. The van der Waals surface area contributed by atoms with Crippen molar-refractivity contribution in [2.75, 3.05) is 5.75 Å². The SMILES string of the molecule is CCC(C)(C)OC(=O)CS(=O)(=O)c1ccc(-c2ccc(CCCC(F)(F)F)cc2)cc1. The second kappa shape index (κ2) is 9.85. The number of aryl methyl sites for hydroxylation is 1. The van der Waals surface area contributed by atoms with Gasteiger partial charge in [-0.25, -0.2) is 8.42 Å². The lowest BCUT2D eigenvalue weighted by atomic mass is 10.0. The molecule has 4 nitrogen and oxygen atoms in total. The molecule has 0 N–H and O–H groups in total. The van der Waals surface area contributed by atoms with Gasteiger partial charge >= 0.3 is 12.1 Å². The number of esters is 1. The van der Waals surface area contributed by atoms with Crippen molar-refractivity contribution in [3.8, 4) is 11.1 Å². The third-order valence-corrected chi connectivity index (χ3v) is 6.58. The fourth-order valence-electron chi connectivity index (χ4n) is 2.86. The Balaban J connectivity index is 2.03. The van der Waals surface area contributed by atoms with Crippen LogP contribution in [0.25, 0.3) is 11.1 Å². The maximum absolute atomic E-state index is 12.5. The van der Waals surface area contributed by atoms with Crippen molar-refractivity contribution in [3.05, 3.63) is 54.1 Å². The zero-order valence-electron chi connectivity index (χ0n) is 17.8. The van der Waals surface area contributed by atoms with Gasteiger partial charge in [0.05, 0.1) is 4.90 Å². The van der Waals surface area contributed by atoms with Crippen LogP contribution in [0.15, 0.2) is 53.4 Å². The van der Waals surface area contributed by atoms with E-state index >= 15 is 0 Å². The number of alkyl halides is 3. The summed E-state index contributed by atoms with van der Waals surface area (Å²) in [6, 6.07) is 13.2. The lowest BCUT2D eigenvalue weighted by molar-refractivity contribution is -0.153. The summed E-state index contributed by atoms with van der Waals surface area (Å²) >= 11 is 0. The van der Waals surface area contributed by atoms with E-state index in [-0.39, 0.29) is 11.3 Å². The first-order valence-electron chi connectivity index (χ1n) is 10.0. The van der Waals surface area contributed by atoms with Crippen LogP contribution in [0.5, 0.6) is 0 Å². The van der Waals surface area contributed by atoms with E-state index in [1.165, 1.54) is 12.1 Å². The third-order valence-electron chi connectivity index (χ3n) is 4.98. The van der Waals surface area contributed by atoms with Gasteiger partial charge in [-0.15, -0.1) is 0 Å². The maximum Gasteiger partial charge on any atom is 0.389 e. The molecule has 0 aliphatic heterocycles. The van der Waals surface area contributed by atoms with Crippen molar-refractivity contribution in [1.29, 1.82) is 0 Å². The van der Waals surface area contributed by atoms with E-state index in [9.17, 15) is 26.4 Å². The lowest BCUT2D eigenvalue weighted by Gasteiger charge is -2.23. The van der Waals surface area contributed by atoms with Crippen LogP contribution in [0.4, 0.5) is 13.2 Å². The minimum absolute atomic E-state index is 0.0197. The fourth-order valence-corrected chi connectivity index (χ4v) is 3.95. The molecule has 0 aliphatic carbocycles. The van der Waals surface area contributed by atoms with E-state index in [1.54, 1.807) is 50.2 Å². The van der Waals surface area contributed by atoms with Crippen LogP contribution in [0.2, 0.25) is 0 Å². The third kappa shape index (κ3) is 8.01. The summed E-state index contributed by atoms with van der Waals surface area (Å²) in [5.74, 6) is -1.53. The van der Waals surface area contributed by atoms with Crippen molar-refractivity contribution in [2.45, 2.75) is 63.1 Å². The Hall–Kier alpha value is -2.35. The van der Waals surface area contributed by atoms with Crippen molar-refractivity contribution in [1.82, 2.24) is 0 Å². The molecule has 0 atom stereocenters. The lowest BCUT2D eigenvalue weighted by Crippen LogP contribution is -2.30. The average molecular weight is 457 g/mol. The van der Waals surface area contributed by atoms with E-state index in [0.717, 1.165) is 16.7 Å². The molecular formula is C23H27F3O4S. The van der Waals surface area contributed by atoms with Gasteiger partial charge < -0.3 is 4.74 Å². The largest absolute Gasteiger partial charge is 0.459 e. The molecule has 0 heterocycles. The molecule has 0 fully saturated rings. The molecule has 2 aromatic rings. The first-order chi connectivity index (χ1) is 14.3. The summed E-state index contributed by atoms with van der Waals surface area (Å²) in [4.78, 5) is 12.0. The number of carbonyl (C=O) groups is 1. The van der Waals surface area contributed by atoms with Gasteiger partial charge in [0.15, 0.2) is 15.6 Å². The van der Waals surface area contributed by atoms with Gasteiger partial charge in [-0.1, -0.05) is 43.3 Å². The van der Waals surface area contributed by atoms with E-state index in [4.69, 9.17) is 4.74 Å². The molecule has 2 aromatic carbocycles. The van der Waals surface area contributed by atoms with Gasteiger partial charge in [0.25, 0.3) is 0 Å². The number of benzene rings is 2. The highest BCUT2D eigenvalue weighted by Gasteiger charge is 2.27. The molecule has 0 bridgehead atoms. The van der Waals surface area contributed by atoms with Gasteiger partial charge in [0.1, 0.15) is 5.60 Å². The van der Waals surface area contributed by atoms with Crippen LogP contribution in [-0.2, 0) is 25.8 Å². The standard InChI is InChI=1S/C23H27F3O4S/c1-4-22(2,3)30-21(27)16-31(28,29)20-13-11-19(12-14-20)18-9-7-17(8-10-18)6-5-15-23(24,25)26/h7-14H,4-6,15-16H2,1-3H3. The number of rotatable bonds is 9. The molecule has 170 valence electrons. The Labute approximate surface area is 181 Å². The van der Waals surface area contributed by atoms with Crippen LogP contribution in [0, 0.1) is 0 Å². The van der Waals surface area contributed by atoms with Crippen LogP contribution in [0.1, 0.15) is 45.6 Å². The number of hydrogen-bond donors (Lipinski definition) is 0. The summed E-state index contributed by atoms with van der Waals surface area (Å²) in [6.45, 7) is 5.28. The Morgan fingerprint density at radius 2 is 1.45 bits per heavy atom. The van der Waals surface area contributed by atoms with E-state index in [0.29, 0.717) is 12.8 Å². The van der Waals surface area contributed by atoms with Gasteiger partial charge in [0, 0.05) is 6.42 Å². The van der Waals surface area contributed by atoms with E-state index in [2.05, 4.69) is 0 Å². The Bertz CT molecular complexity index is 977.